The van der Waals surface area contributed by atoms with E-state index in [-0.39, 0.29) is 6.04 Å². The first kappa shape index (κ1) is 13.8. The molecule has 1 aromatic carbocycles. The lowest BCUT2D eigenvalue weighted by molar-refractivity contribution is -0.119. The predicted octanol–water partition coefficient (Wildman–Crippen LogP) is 3.09. The first-order chi connectivity index (χ1) is 7.83. The highest BCUT2D eigenvalue weighted by Gasteiger charge is 2.30. The van der Waals surface area contributed by atoms with E-state index in [0.29, 0.717) is 12.2 Å². The van der Waals surface area contributed by atoms with Gasteiger partial charge in [0, 0.05) is 18.3 Å². The molecule has 0 saturated carbocycles. The second-order valence-corrected chi connectivity index (χ2v) is 4.01. The van der Waals surface area contributed by atoms with Crippen molar-refractivity contribution in [2.45, 2.75) is 26.1 Å². The fourth-order valence-electron chi connectivity index (χ4n) is 1.59. The molecule has 1 atom stereocenters. The van der Waals surface area contributed by atoms with Crippen LogP contribution >= 0.6 is 0 Å². The summed E-state index contributed by atoms with van der Waals surface area (Å²) in [6.07, 6.45) is -4.18. The Morgan fingerprint density at radius 1 is 1.24 bits per heavy atom. The molecule has 0 bridgehead atoms. The minimum Gasteiger partial charge on any atom is -0.363 e. The van der Waals surface area contributed by atoms with Crippen molar-refractivity contribution in [2.75, 3.05) is 18.0 Å². The zero-order valence-electron chi connectivity index (χ0n) is 9.96. The van der Waals surface area contributed by atoms with Gasteiger partial charge in [-0.2, -0.15) is 13.2 Å². The summed E-state index contributed by atoms with van der Waals surface area (Å²) in [6, 6.07) is 6.77. The lowest BCUT2D eigenvalue weighted by atomic mass is 10.1. The highest BCUT2D eigenvalue weighted by Crippen LogP contribution is 2.23. The summed E-state index contributed by atoms with van der Waals surface area (Å²) in [4.78, 5) is 1.28. The van der Waals surface area contributed by atoms with Crippen LogP contribution in [0.2, 0.25) is 0 Å². The first-order valence-corrected chi connectivity index (χ1v) is 5.50. The fourth-order valence-corrected chi connectivity index (χ4v) is 1.59. The summed E-state index contributed by atoms with van der Waals surface area (Å²) in [6.45, 7) is 2.92. The van der Waals surface area contributed by atoms with E-state index in [9.17, 15) is 13.2 Å². The second-order valence-electron chi connectivity index (χ2n) is 4.01. The molecular weight excluding hydrogens is 229 g/mol. The Bertz CT molecular complexity index is 344. The summed E-state index contributed by atoms with van der Waals surface area (Å²) < 4.78 is 37.0. The van der Waals surface area contributed by atoms with Crippen LogP contribution in [0.3, 0.4) is 0 Å². The van der Waals surface area contributed by atoms with Crippen LogP contribution in [0.15, 0.2) is 24.3 Å². The molecule has 0 amide bonds. The van der Waals surface area contributed by atoms with Crippen molar-refractivity contribution in [3.05, 3.63) is 29.8 Å². The summed E-state index contributed by atoms with van der Waals surface area (Å²) in [5.41, 5.74) is 7.16. The molecule has 0 aliphatic rings. The van der Waals surface area contributed by atoms with Crippen molar-refractivity contribution in [1.82, 2.24) is 0 Å². The normalized spacial score (nSPS) is 13.5. The Morgan fingerprint density at radius 2 is 1.76 bits per heavy atom. The number of rotatable bonds is 4. The average Bonchev–Trinajstić information content (AvgIpc) is 2.25. The Morgan fingerprint density at radius 3 is 2.12 bits per heavy atom. The van der Waals surface area contributed by atoms with E-state index in [2.05, 4.69) is 0 Å². The molecule has 0 aliphatic carbocycles. The maximum atomic E-state index is 12.3. The van der Waals surface area contributed by atoms with Gasteiger partial charge in [-0.3, -0.25) is 0 Å². The molecule has 1 rings (SSSR count). The van der Waals surface area contributed by atoms with Crippen LogP contribution < -0.4 is 10.6 Å². The van der Waals surface area contributed by atoms with Crippen molar-refractivity contribution < 1.29 is 13.2 Å². The molecule has 17 heavy (non-hydrogen) atoms. The van der Waals surface area contributed by atoms with Gasteiger partial charge in [0.05, 0.1) is 0 Å². The second kappa shape index (κ2) is 5.40. The van der Waals surface area contributed by atoms with E-state index in [0.717, 1.165) is 5.56 Å². The van der Waals surface area contributed by atoms with Gasteiger partial charge in [-0.15, -0.1) is 0 Å². The van der Waals surface area contributed by atoms with Crippen molar-refractivity contribution >= 4 is 5.69 Å². The maximum absolute atomic E-state index is 12.3. The summed E-state index contributed by atoms with van der Waals surface area (Å²) in [5.74, 6) is 0. The van der Waals surface area contributed by atoms with Crippen molar-refractivity contribution in [3.63, 3.8) is 0 Å². The van der Waals surface area contributed by atoms with Crippen molar-refractivity contribution in [2.24, 2.45) is 5.73 Å². The van der Waals surface area contributed by atoms with Crippen LogP contribution in [0.1, 0.15) is 25.5 Å². The van der Waals surface area contributed by atoms with Crippen LogP contribution in [0.25, 0.3) is 0 Å². The molecule has 0 radical (unpaired) electrons. The number of halogens is 3. The quantitative estimate of drug-likeness (QED) is 0.884. The van der Waals surface area contributed by atoms with Gasteiger partial charge in [0.2, 0.25) is 0 Å². The predicted molar refractivity (Wildman–Crippen MR) is 63.0 cm³/mol. The Labute approximate surface area is 99.2 Å². The highest BCUT2D eigenvalue weighted by molar-refractivity contribution is 5.48. The third kappa shape index (κ3) is 4.26. The molecule has 2 N–H and O–H groups in total. The molecule has 1 aromatic rings. The molecule has 0 saturated heterocycles. The fraction of sp³-hybridized carbons (Fsp3) is 0.500. The molecule has 0 aromatic heterocycles. The van der Waals surface area contributed by atoms with Crippen molar-refractivity contribution in [1.29, 1.82) is 0 Å². The van der Waals surface area contributed by atoms with Crippen LogP contribution in [0.5, 0.6) is 0 Å². The van der Waals surface area contributed by atoms with Gasteiger partial charge >= 0.3 is 6.18 Å². The molecule has 0 fully saturated rings. The van der Waals surface area contributed by atoms with Gasteiger partial charge in [-0.1, -0.05) is 12.1 Å². The smallest absolute Gasteiger partial charge is 0.363 e. The minimum atomic E-state index is -4.18. The lowest BCUT2D eigenvalue weighted by Gasteiger charge is -2.24. The van der Waals surface area contributed by atoms with Crippen LogP contribution in [0, 0.1) is 0 Å². The van der Waals surface area contributed by atoms with Gasteiger partial charge < -0.3 is 10.6 Å². The number of nitrogens with zero attached hydrogens (tertiary/aromatic N) is 1. The molecule has 96 valence electrons. The molecule has 0 aliphatic heterocycles. The zero-order chi connectivity index (χ0) is 13.1. The number of benzene rings is 1. The number of hydrogen-bond donors (Lipinski definition) is 1. The highest BCUT2D eigenvalue weighted by atomic mass is 19.4. The summed E-state index contributed by atoms with van der Waals surface area (Å²) >= 11 is 0. The van der Waals surface area contributed by atoms with Gasteiger partial charge in [-0.25, -0.2) is 0 Å². The molecule has 0 spiro atoms. The Balaban J connectivity index is 2.82. The topological polar surface area (TPSA) is 29.3 Å². The number of alkyl halides is 3. The van der Waals surface area contributed by atoms with E-state index >= 15 is 0 Å². The molecule has 5 heteroatoms. The van der Waals surface area contributed by atoms with E-state index < -0.39 is 12.7 Å². The monoisotopic (exact) mass is 246 g/mol. The first-order valence-electron chi connectivity index (χ1n) is 5.50. The van der Waals surface area contributed by atoms with Crippen molar-refractivity contribution in [3.8, 4) is 0 Å². The Kier molecular flexibility index (Phi) is 4.40. The Hall–Kier alpha value is -1.23. The van der Waals surface area contributed by atoms with Gasteiger partial charge in [-0.05, 0) is 31.5 Å². The van der Waals surface area contributed by atoms with Gasteiger partial charge in [0.25, 0.3) is 0 Å². The molecular formula is C12H17F3N2. The van der Waals surface area contributed by atoms with E-state index in [1.54, 1.807) is 31.2 Å². The minimum absolute atomic E-state index is 0.109. The largest absolute Gasteiger partial charge is 0.405 e. The third-order valence-corrected chi connectivity index (χ3v) is 2.54. The SMILES string of the molecule is CCN(CC(F)(F)F)c1ccc([C@H](C)N)cc1. The maximum Gasteiger partial charge on any atom is 0.405 e. The van der Waals surface area contributed by atoms with E-state index in [1.807, 2.05) is 6.92 Å². The third-order valence-electron chi connectivity index (χ3n) is 2.54. The van der Waals surface area contributed by atoms with Gasteiger partial charge in [0.15, 0.2) is 0 Å². The van der Waals surface area contributed by atoms with E-state index in [4.69, 9.17) is 5.73 Å². The zero-order valence-corrected chi connectivity index (χ0v) is 9.96. The number of anilines is 1. The van der Waals surface area contributed by atoms with Crippen LogP contribution in [-0.2, 0) is 0 Å². The van der Waals surface area contributed by atoms with Gasteiger partial charge in [0.1, 0.15) is 6.54 Å². The molecule has 2 nitrogen and oxygen atoms in total. The van der Waals surface area contributed by atoms with E-state index in [1.165, 1.54) is 4.90 Å². The standard InChI is InChI=1S/C12H17F3N2/c1-3-17(8-12(13,14)15)11-6-4-10(5-7-11)9(2)16/h4-7,9H,3,8,16H2,1-2H3/t9-/m0/s1. The van der Waals surface area contributed by atoms with Crippen LogP contribution in [-0.4, -0.2) is 19.3 Å². The lowest BCUT2D eigenvalue weighted by Crippen LogP contribution is -2.34. The summed E-state index contributed by atoms with van der Waals surface area (Å²) in [7, 11) is 0. The summed E-state index contributed by atoms with van der Waals surface area (Å²) in [5, 5.41) is 0. The number of hydrogen-bond acceptors (Lipinski definition) is 2. The molecule has 0 heterocycles. The van der Waals surface area contributed by atoms with Crippen LogP contribution in [0.4, 0.5) is 18.9 Å². The average molecular weight is 246 g/mol. The number of nitrogens with two attached hydrogens (primary N) is 1. The molecule has 0 unspecified atom stereocenters.